The zero-order chi connectivity index (χ0) is 12.1. The van der Waals surface area contributed by atoms with E-state index in [0.29, 0.717) is 12.1 Å². The van der Waals surface area contributed by atoms with Crippen LogP contribution in [0.3, 0.4) is 0 Å². The summed E-state index contributed by atoms with van der Waals surface area (Å²) < 4.78 is 13.3. The molecule has 1 unspecified atom stereocenters. The molecule has 0 aliphatic heterocycles. The molecule has 1 saturated carbocycles. The van der Waals surface area contributed by atoms with E-state index < -0.39 is 6.10 Å². The lowest BCUT2D eigenvalue weighted by molar-refractivity contribution is 0.170. The van der Waals surface area contributed by atoms with Crippen molar-refractivity contribution in [2.75, 3.05) is 13.1 Å². The molecule has 1 aromatic carbocycles. The minimum Gasteiger partial charge on any atom is -0.387 e. The van der Waals surface area contributed by atoms with Crippen LogP contribution in [0.25, 0.3) is 0 Å². The summed E-state index contributed by atoms with van der Waals surface area (Å²) in [6.07, 6.45) is 4.45. The lowest BCUT2D eigenvalue weighted by Crippen LogP contribution is -2.23. The summed E-state index contributed by atoms with van der Waals surface area (Å²) in [5.41, 5.74) is 0.377. The Kier molecular flexibility index (Phi) is 4.51. The van der Waals surface area contributed by atoms with Gasteiger partial charge in [-0.05, 0) is 31.4 Å². The van der Waals surface area contributed by atoms with E-state index in [9.17, 15) is 9.50 Å². The Balaban J connectivity index is 1.65. The third-order valence-electron chi connectivity index (χ3n) is 3.26. The third kappa shape index (κ3) is 4.10. The van der Waals surface area contributed by atoms with Crippen LogP contribution in [0.2, 0.25) is 0 Å². The van der Waals surface area contributed by atoms with Crippen molar-refractivity contribution in [1.82, 2.24) is 5.32 Å². The van der Waals surface area contributed by atoms with Gasteiger partial charge in [0.1, 0.15) is 5.82 Å². The van der Waals surface area contributed by atoms with Gasteiger partial charge in [-0.25, -0.2) is 4.39 Å². The molecule has 1 fully saturated rings. The molecular formula is C14H20FNO. The number of aliphatic hydroxyl groups excluding tert-OH is 1. The van der Waals surface area contributed by atoms with Gasteiger partial charge in [0.25, 0.3) is 0 Å². The molecule has 3 heteroatoms. The molecule has 0 bridgehead atoms. The summed E-state index contributed by atoms with van der Waals surface area (Å²) in [4.78, 5) is 0. The fourth-order valence-corrected chi connectivity index (χ4v) is 2.02. The van der Waals surface area contributed by atoms with E-state index in [0.717, 1.165) is 18.9 Å². The maximum Gasteiger partial charge on any atom is 0.129 e. The Hall–Kier alpha value is -0.930. The second-order valence-corrected chi connectivity index (χ2v) is 4.83. The second-order valence-electron chi connectivity index (χ2n) is 4.83. The fraction of sp³-hybridized carbons (Fsp3) is 0.571. The monoisotopic (exact) mass is 237 g/mol. The highest BCUT2D eigenvalue weighted by atomic mass is 19.1. The van der Waals surface area contributed by atoms with Crippen LogP contribution >= 0.6 is 0 Å². The maximum atomic E-state index is 13.3. The molecule has 1 aromatic rings. The van der Waals surface area contributed by atoms with Crippen molar-refractivity contribution in [2.24, 2.45) is 5.92 Å². The van der Waals surface area contributed by atoms with Crippen LogP contribution in [0, 0.1) is 11.7 Å². The Labute approximate surface area is 102 Å². The van der Waals surface area contributed by atoms with Crippen molar-refractivity contribution in [3.8, 4) is 0 Å². The smallest absolute Gasteiger partial charge is 0.129 e. The normalized spacial score (nSPS) is 17.1. The molecule has 0 aromatic heterocycles. The van der Waals surface area contributed by atoms with Gasteiger partial charge in [-0.3, -0.25) is 0 Å². The summed E-state index contributed by atoms with van der Waals surface area (Å²) in [7, 11) is 0. The van der Waals surface area contributed by atoms with Crippen molar-refractivity contribution in [1.29, 1.82) is 0 Å². The topological polar surface area (TPSA) is 32.3 Å². The highest BCUT2D eigenvalue weighted by molar-refractivity contribution is 5.19. The first-order valence-electron chi connectivity index (χ1n) is 6.40. The van der Waals surface area contributed by atoms with Crippen molar-refractivity contribution >= 4 is 0 Å². The van der Waals surface area contributed by atoms with Crippen molar-refractivity contribution in [3.63, 3.8) is 0 Å². The maximum absolute atomic E-state index is 13.3. The largest absolute Gasteiger partial charge is 0.387 e. The van der Waals surface area contributed by atoms with Crippen LogP contribution in [-0.4, -0.2) is 18.2 Å². The van der Waals surface area contributed by atoms with E-state index in [1.54, 1.807) is 18.2 Å². The van der Waals surface area contributed by atoms with Gasteiger partial charge in [-0.2, -0.15) is 0 Å². The average Bonchev–Trinajstić information content (AvgIpc) is 3.13. The van der Waals surface area contributed by atoms with Gasteiger partial charge < -0.3 is 10.4 Å². The molecule has 2 nitrogen and oxygen atoms in total. The first-order chi connectivity index (χ1) is 8.27. The summed E-state index contributed by atoms with van der Waals surface area (Å²) in [5.74, 6) is 0.619. The van der Waals surface area contributed by atoms with Crippen molar-refractivity contribution < 1.29 is 9.50 Å². The van der Waals surface area contributed by atoms with Crippen LogP contribution < -0.4 is 5.32 Å². The molecule has 0 amide bonds. The zero-order valence-corrected chi connectivity index (χ0v) is 10.0. The van der Waals surface area contributed by atoms with E-state index in [4.69, 9.17) is 0 Å². The van der Waals surface area contributed by atoms with Crippen LogP contribution in [0.4, 0.5) is 4.39 Å². The van der Waals surface area contributed by atoms with Gasteiger partial charge in [0.2, 0.25) is 0 Å². The third-order valence-corrected chi connectivity index (χ3v) is 3.26. The number of halogens is 1. The Morgan fingerprint density at radius 2 is 2.12 bits per heavy atom. The molecule has 17 heavy (non-hydrogen) atoms. The lowest BCUT2D eigenvalue weighted by Gasteiger charge is -2.12. The molecule has 1 aliphatic carbocycles. The van der Waals surface area contributed by atoms with Crippen LogP contribution in [-0.2, 0) is 0 Å². The Morgan fingerprint density at radius 3 is 2.82 bits per heavy atom. The summed E-state index contributed by atoms with van der Waals surface area (Å²) in [5, 5.41) is 13.0. The average molecular weight is 237 g/mol. The Bertz CT molecular complexity index is 352. The number of rotatable bonds is 7. The van der Waals surface area contributed by atoms with Crippen LogP contribution in [0.15, 0.2) is 24.3 Å². The molecule has 0 spiro atoms. The fourth-order valence-electron chi connectivity index (χ4n) is 2.02. The number of hydrogen-bond donors (Lipinski definition) is 2. The molecule has 0 saturated heterocycles. The van der Waals surface area contributed by atoms with Crippen molar-refractivity contribution in [2.45, 2.75) is 31.8 Å². The van der Waals surface area contributed by atoms with E-state index in [1.165, 1.54) is 25.3 Å². The molecule has 1 aliphatic rings. The first-order valence-corrected chi connectivity index (χ1v) is 6.40. The molecular weight excluding hydrogens is 217 g/mol. The quantitative estimate of drug-likeness (QED) is 0.714. The number of aliphatic hydroxyl groups is 1. The summed E-state index contributed by atoms with van der Waals surface area (Å²) >= 11 is 0. The predicted octanol–water partition coefficient (Wildman–Crippen LogP) is 2.64. The number of hydrogen-bond acceptors (Lipinski definition) is 2. The minimum atomic E-state index is -0.753. The molecule has 0 radical (unpaired) electrons. The molecule has 94 valence electrons. The molecule has 2 rings (SSSR count). The van der Waals surface area contributed by atoms with Gasteiger partial charge in [0.05, 0.1) is 6.10 Å². The summed E-state index contributed by atoms with van der Waals surface area (Å²) in [6, 6.07) is 6.39. The van der Waals surface area contributed by atoms with E-state index in [1.807, 2.05) is 0 Å². The highest BCUT2D eigenvalue weighted by Gasteiger charge is 2.20. The lowest BCUT2D eigenvalue weighted by atomic mass is 10.1. The van der Waals surface area contributed by atoms with Gasteiger partial charge in [0.15, 0.2) is 0 Å². The first kappa shape index (κ1) is 12.5. The highest BCUT2D eigenvalue weighted by Crippen LogP contribution is 2.33. The van der Waals surface area contributed by atoms with Crippen molar-refractivity contribution in [3.05, 3.63) is 35.6 Å². The van der Waals surface area contributed by atoms with Crippen LogP contribution in [0.5, 0.6) is 0 Å². The predicted molar refractivity (Wildman–Crippen MR) is 66.2 cm³/mol. The number of nitrogens with one attached hydrogen (secondary N) is 1. The van der Waals surface area contributed by atoms with Crippen LogP contribution in [0.1, 0.15) is 37.4 Å². The van der Waals surface area contributed by atoms with E-state index >= 15 is 0 Å². The standard InChI is InChI=1S/C14H20FNO/c15-13-6-2-1-5-12(13)14(17)10-16-9-3-4-11-7-8-11/h1-2,5-6,11,14,16-17H,3-4,7-10H2. The van der Waals surface area contributed by atoms with Gasteiger partial charge >= 0.3 is 0 Å². The van der Waals surface area contributed by atoms with Gasteiger partial charge in [-0.1, -0.05) is 31.0 Å². The minimum absolute atomic E-state index is 0.334. The molecule has 0 heterocycles. The zero-order valence-electron chi connectivity index (χ0n) is 10.0. The summed E-state index contributed by atoms with van der Waals surface area (Å²) in [6.45, 7) is 1.33. The van der Waals surface area contributed by atoms with E-state index in [2.05, 4.69) is 5.32 Å². The SMILES string of the molecule is OC(CNCCCC1CC1)c1ccccc1F. The number of benzene rings is 1. The van der Waals surface area contributed by atoms with Gasteiger partial charge in [0, 0.05) is 12.1 Å². The van der Waals surface area contributed by atoms with Gasteiger partial charge in [-0.15, -0.1) is 0 Å². The molecule has 2 N–H and O–H groups in total. The Morgan fingerprint density at radius 1 is 1.35 bits per heavy atom. The second kappa shape index (κ2) is 6.12. The molecule has 1 atom stereocenters. The van der Waals surface area contributed by atoms with E-state index in [-0.39, 0.29) is 5.82 Å².